The van der Waals surface area contributed by atoms with E-state index >= 15 is 0 Å². The molecule has 0 aliphatic carbocycles. The molecule has 0 aromatic heterocycles. The Kier molecular flexibility index (Phi) is 4.70. The van der Waals surface area contributed by atoms with Gasteiger partial charge in [-0.05, 0) is 27.2 Å². The van der Waals surface area contributed by atoms with Gasteiger partial charge in [0, 0.05) is 19.1 Å². The van der Waals surface area contributed by atoms with Crippen LogP contribution >= 0.6 is 0 Å². The van der Waals surface area contributed by atoms with E-state index in [1.807, 2.05) is 13.8 Å². The van der Waals surface area contributed by atoms with Gasteiger partial charge in [-0.1, -0.05) is 0 Å². The highest BCUT2D eigenvalue weighted by Gasteiger charge is 2.33. The van der Waals surface area contributed by atoms with Crippen LogP contribution in [0.4, 0.5) is 0 Å². The fraction of sp³-hybridized carbons (Fsp3) is 0.909. The van der Waals surface area contributed by atoms with Crippen molar-refractivity contribution in [2.24, 2.45) is 0 Å². The van der Waals surface area contributed by atoms with Gasteiger partial charge in [0.05, 0.1) is 11.7 Å². The predicted molar refractivity (Wildman–Crippen MR) is 61.1 cm³/mol. The van der Waals surface area contributed by atoms with E-state index in [0.717, 1.165) is 13.1 Å². The minimum Gasteiger partial charge on any atom is -0.393 e. The standard InChI is InChI=1S/C11H22N2O3/c1-8(4-9(2)14)13-10(15)5-16-11(3)6-12-7-11/h8-9,12,14H,4-7H2,1-3H3,(H,13,15). The van der Waals surface area contributed by atoms with Gasteiger partial charge in [0.25, 0.3) is 0 Å². The van der Waals surface area contributed by atoms with Gasteiger partial charge in [0.1, 0.15) is 6.61 Å². The summed E-state index contributed by atoms with van der Waals surface area (Å²) >= 11 is 0. The van der Waals surface area contributed by atoms with Crippen molar-refractivity contribution in [3.05, 3.63) is 0 Å². The van der Waals surface area contributed by atoms with Crippen LogP contribution < -0.4 is 10.6 Å². The number of amides is 1. The van der Waals surface area contributed by atoms with Crippen LogP contribution in [0.2, 0.25) is 0 Å². The molecule has 1 amide bonds. The molecule has 16 heavy (non-hydrogen) atoms. The molecular formula is C11H22N2O3. The van der Waals surface area contributed by atoms with E-state index in [-0.39, 0.29) is 24.2 Å². The molecule has 1 fully saturated rings. The Morgan fingerprint density at radius 3 is 2.62 bits per heavy atom. The van der Waals surface area contributed by atoms with Gasteiger partial charge in [-0.3, -0.25) is 4.79 Å². The third-order valence-corrected chi connectivity index (χ3v) is 2.65. The number of ether oxygens (including phenoxy) is 1. The number of aliphatic hydroxyl groups is 1. The molecule has 0 saturated carbocycles. The molecule has 1 rings (SSSR count). The molecule has 1 aliphatic rings. The third kappa shape index (κ3) is 4.47. The van der Waals surface area contributed by atoms with Crippen LogP contribution in [0.25, 0.3) is 0 Å². The quantitative estimate of drug-likeness (QED) is 0.583. The number of carbonyl (C=O) groups is 1. The van der Waals surface area contributed by atoms with E-state index in [4.69, 9.17) is 9.84 Å². The van der Waals surface area contributed by atoms with Gasteiger partial charge >= 0.3 is 0 Å². The lowest BCUT2D eigenvalue weighted by Gasteiger charge is -2.38. The topological polar surface area (TPSA) is 70.6 Å². The molecule has 2 unspecified atom stereocenters. The van der Waals surface area contributed by atoms with E-state index in [0.29, 0.717) is 6.42 Å². The first-order chi connectivity index (χ1) is 7.41. The van der Waals surface area contributed by atoms with Crippen LogP contribution in [0.5, 0.6) is 0 Å². The molecule has 1 saturated heterocycles. The highest BCUT2D eigenvalue weighted by atomic mass is 16.5. The van der Waals surface area contributed by atoms with Gasteiger partial charge in [-0.2, -0.15) is 0 Å². The highest BCUT2D eigenvalue weighted by Crippen LogP contribution is 2.14. The predicted octanol–water partition coefficient (Wildman–Crippen LogP) is -0.359. The summed E-state index contributed by atoms with van der Waals surface area (Å²) in [6, 6.07) is -0.0246. The second kappa shape index (κ2) is 5.61. The van der Waals surface area contributed by atoms with Crippen LogP contribution in [0.15, 0.2) is 0 Å². The van der Waals surface area contributed by atoms with Crippen LogP contribution in [-0.4, -0.2) is 48.5 Å². The summed E-state index contributed by atoms with van der Waals surface area (Å²) in [4.78, 5) is 11.5. The van der Waals surface area contributed by atoms with Crippen LogP contribution in [0.1, 0.15) is 27.2 Å². The first-order valence-corrected chi connectivity index (χ1v) is 5.73. The Bertz CT molecular complexity index is 239. The van der Waals surface area contributed by atoms with E-state index in [2.05, 4.69) is 10.6 Å². The minimum atomic E-state index is -0.399. The van der Waals surface area contributed by atoms with Gasteiger partial charge in [0.15, 0.2) is 0 Å². The molecule has 1 heterocycles. The summed E-state index contributed by atoms with van der Waals surface area (Å²) in [7, 11) is 0. The van der Waals surface area contributed by atoms with Crippen molar-refractivity contribution in [2.45, 2.75) is 44.9 Å². The number of carbonyl (C=O) groups excluding carboxylic acids is 1. The SMILES string of the molecule is CC(O)CC(C)NC(=O)COC1(C)CNC1. The monoisotopic (exact) mass is 230 g/mol. The molecule has 0 bridgehead atoms. The molecule has 3 N–H and O–H groups in total. The van der Waals surface area contributed by atoms with Crippen molar-refractivity contribution in [3.63, 3.8) is 0 Å². The first kappa shape index (κ1) is 13.4. The smallest absolute Gasteiger partial charge is 0.246 e. The molecule has 0 radical (unpaired) electrons. The van der Waals surface area contributed by atoms with Crippen molar-refractivity contribution in [2.75, 3.05) is 19.7 Å². The lowest BCUT2D eigenvalue weighted by atomic mass is 10.0. The van der Waals surface area contributed by atoms with Crippen molar-refractivity contribution in [1.82, 2.24) is 10.6 Å². The molecule has 94 valence electrons. The molecule has 5 nitrogen and oxygen atoms in total. The Hall–Kier alpha value is -0.650. The van der Waals surface area contributed by atoms with Gasteiger partial charge in [-0.15, -0.1) is 0 Å². The number of nitrogens with one attached hydrogen (secondary N) is 2. The maximum Gasteiger partial charge on any atom is 0.246 e. The fourth-order valence-electron chi connectivity index (χ4n) is 1.71. The Balaban J connectivity index is 2.15. The maximum atomic E-state index is 11.5. The van der Waals surface area contributed by atoms with E-state index < -0.39 is 6.10 Å². The number of hydrogen-bond donors (Lipinski definition) is 3. The van der Waals surface area contributed by atoms with Crippen molar-refractivity contribution < 1.29 is 14.6 Å². The van der Waals surface area contributed by atoms with E-state index in [9.17, 15) is 4.79 Å². The Labute approximate surface area is 96.6 Å². The lowest BCUT2D eigenvalue weighted by Crippen LogP contribution is -2.59. The number of rotatable bonds is 6. The zero-order valence-corrected chi connectivity index (χ0v) is 10.2. The largest absolute Gasteiger partial charge is 0.393 e. The molecule has 0 aromatic rings. The molecule has 5 heteroatoms. The third-order valence-electron chi connectivity index (χ3n) is 2.65. The van der Waals surface area contributed by atoms with Gasteiger partial charge in [0.2, 0.25) is 5.91 Å². The average molecular weight is 230 g/mol. The van der Waals surface area contributed by atoms with E-state index in [1.54, 1.807) is 6.92 Å². The molecule has 0 spiro atoms. The van der Waals surface area contributed by atoms with Crippen molar-refractivity contribution in [1.29, 1.82) is 0 Å². The van der Waals surface area contributed by atoms with Crippen LogP contribution in [0.3, 0.4) is 0 Å². The zero-order chi connectivity index (χ0) is 12.2. The summed E-state index contributed by atoms with van der Waals surface area (Å²) in [6.45, 7) is 7.24. The second-order valence-corrected chi connectivity index (χ2v) is 4.90. The second-order valence-electron chi connectivity index (χ2n) is 4.90. The van der Waals surface area contributed by atoms with Gasteiger partial charge in [-0.25, -0.2) is 0 Å². The zero-order valence-electron chi connectivity index (χ0n) is 10.2. The maximum absolute atomic E-state index is 11.5. The van der Waals surface area contributed by atoms with Crippen LogP contribution in [0, 0.1) is 0 Å². The average Bonchev–Trinajstić information content (AvgIpc) is 2.10. The lowest BCUT2D eigenvalue weighted by molar-refractivity contribution is -0.136. The first-order valence-electron chi connectivity index (χ1n) is 5.73. The normalized spacial score (nSPS) is 22.0. The molecule has 1 aliphatic heterocycles. The number of hydrogen-bond acceptors (Lipinski definition) is 4. The molecule has 2 atom stereocenters. The molecular weight excluding hydrogens is 208 g/mol. The van der Waals surface area contributed by atoms with E-state index in [1.165, 1.54) is 0 Å². The summed E-state index contributed by atoms with van der Waals surface area (Å²) in [5.41, 5.74) is -0.190. The summed E-state index contributed by atoms with van der Waals surface area (Å²) in [5, 5.41) is 15.0. The van der Waals surface area contributed by atoms with Gasteiger partial charge < -0.3 is 20.5 Å². The van der Waals surface area contributed by atoms with Crippen molar-refractivity contribution in [3.8, 4) is 0 Å². The Morgan fingerprint density at radius 1 is 1.56 bits per heavy atom. The summed E-state index contributed by atoms with van der Waals surface area (Å²) in [6.07, 6.45) is 0.162. The molecule has 0 aromatic carbocycles. The number of aliphatic hydroxyl groups excluding tert-OH is 1. The summed E-state index contributed by atoms with van der Waals surface area (Å²) in [5.74, 6) is -0.124. The minimum absolute atomic E-state index is 0.0246. The Morgan fingerprint density at radius 2 is 2.19 bits per heavy atom. The van der Waals surface area contributed by atoms with Crippen LogP contribution in [-0.2, 0) is 9.53 Å². The fourth-order valence-corrected chi connectivity index (χ4v) is 1.71. The summed E-state index contributed by atoms with van der Waals surface area (Å²) < 4.78 is 5.50. The van der Waals surface area contributed by atoms with Crippen molar-refractivity contribution >= 4 is 5.91 Å². The highest BCUT2D eigenvalue weighted by molar-refractivity contribution is 5.77.